The highest BCUT2D eigenvalue weighted by Crippen LogP contribution is 2.35. The molecular weight excluding hydrogens is 352 g/mol. The van der Waals surface area contributed by atoms with Crippen LogP contribution in [-0.2, 0) is 14.3 Å². The fourth-order valence-electron chi connectivity index (χ4n) is 3.27. The first-order valence-electron chi connectivity index (χ1n) is 9.22. The molecule has 8 heteroatoms. The van der Waals surface area contributed by atoms with Gasteiger partial charge in [0.2, 0.25) is 0 Å². The molecule has 2 heterocycles. The molecule has 0 saturated carbocycles. The second-order valence-corrected chi connectivity index (χ2v) is 9.97. The number of hydrogen-bond acceptors (Lipinski definition) is 5. The summed E-state index contributed by atoms with van der Waals surface area (Å²) in [6, 6.07) is -1.10. The number of likely N-dealkylation sites (tertiary alicyclic amines) is 1. The van der Waals surface area contributed by atoms with Crippen LogP contribution in [0.2, 0.25) is 0 Å². The van der Waals surface area contributed by atoms with Gasteiger partial charge in [0.1, 0.15) is 17.7 Å². The minimum absolute atomic E-state index is 0.156. The minimum Gasteiger partial charge on any atom is -0.480 e. The Morgan fingerprint density at radius 1 is 1.00 bits per heavy atom. The molecule has 0 aromatic heterocycles. The van der Waals surface area contributed by atoms with Crippen molar-refractivity contribution in [3.63, 3.8) is 0 Å². The maximum absolute atomic E-state index is 11.9. The molecule has 2 aliphatic heterocycles. The summed E-state index contributed by atoms with van der Waals surface area (Å²) in [5.74, 6) is -1.70. The third-order valence-corrected chi connectivity index (χ3v) is 4.52. The zero-order valence-corrected chi connectivity index (χ0v) is 17.5. The second kappa shape index (κ2) is 8.04. The molecule has 8 nitrogen and oxygen atoms in total. The Morgan fingerprint density at radius 2 is 1.56 bits per heavy atom. The molecule has 3 N–H and O–H groups in total. The molecule has 27 heavy (non-hydrogen) atoms. The topological polar surface area (TPSA) is 116 Å². The van der Waals surface area contributed by atoms with E-state index in [4.69, 9.17) is 14.9 Å². The van der Waals surface area contributed by atoms with Gasteiger partial charge in [-0.25, -0.2) is 9.59 Å². The minimum atomic E-state index is -0.971. The van der Waals surface area contributed by atoms with Gasteiger partial charge in [0.15, 0.2) is 0 Å². The Labute approximate surface area is 161 Å². The summed E-state index contributed by atoms with van der Waals surface area (Å²) in [5.41, 5.74) is -0.629. The van der Waals surface area contributed by atoms with Crippen LogP contribution in [0.25, 0.3) is 0 Å². The van der Waals surface area contributed by atoms with Crippen molar-refractivity contribution in [1.29, 1.82) is 0 Å². The number of carbonyl (C=O) groups excluding carboxylic acids is 1. The van der Waals surface area contributed by atoms with Crippen LogP contribution in [0.15, 0.2) is 0 Å². The van der Waals surface area contributed by atoms with E-state index >= 15 is 0 Å². The Balaban J connectivity index is 0.000000309. The average molecular weight is 386 g/mol. The summed E-state index contributed by atoms with van der Waals surface area (Å²) >= 11 is 0. The molecule has 0 bridgehead atoms. The maximum atomic E-state index is 11.9. The molecule has 2 fully saturated rings. The normalized spacial score (nSPS) is 26.1. The predicted octanol–water partition coefficient (Wildman–Crippen LogP) is 2.57. The van der Waals surface area contributed by atoms with E-state index in [2.05, 4.69) is 19.2 Å². The van der Waals surface area contributed by atoms with Crippen LogP contribution in [0.1, 0.15) is 61.3 Å². The summed E-state index contributed by atoms with van der Waals surface area (Å²) in [6.45, 7) is 14.6. The molecule has 156 valence electrons. The Hall–Kier alpha value is -1.83. The van der Waals surface area contributed by atoms with E-state index in [1.165, 1.54) is 4.90 Å². The van der Waals surface area contributed by atoms with E-state index in [0.717, 1.165) is 13.0 Å². The first-order valence-corrected chi connectivity index (χ1v) is 9.22. The van der Waals surface area contributed by atoms with Crippen molar-refractivity contribution < 1.29 is 29.3 Å². The fourth-order valence-corrected chi connectivity index (χ4v) is 3.27. The maximum Gasteiger partial charge on any atom is 0.411 e. The number of carbonyl (C=O) groups is 3. The number of ether oxygens (including phenoxy) is 1. The molecule has 0 unspecified atom stereocenters. The summed E-state index contributed by atoms with van der Waals surface area (Å²) in [6.07, 6.45) is 0.652. The number of carboxylic acid groups (broad SMARTS) is 2. The average Bonchev–Trinajstić information content (AvgIpc) is 2.97. The van der Waals surface area contributed by atoms with Gasteiger partial charge >= 0.3 is 18.0 Å². The molecule has 2 rings (SSSR count). The van der Waals surface area contributed by atoms with Crippen LogP contribution in [0.3, 0.4) is 0 Å². The lowest BCUT2D eigenvalue weighted by Crippen LogP contribution is -2.43. The number of amides is 1. The Kier molecular flexibility index (Phi) is 6.91. The molecular formula is C19H34N2O6. The summed E-state index contributed by atoms with van der Waals surface area (Å²) in [5, 5.41) is 20.6. The lowest BCUT2D eigenvalue weighted by Gasteiger charge is -2.27. The van der Waals surface area contributed by atoms with E-state index in [1.807, 2.05) is 13.8 Å². The van der Waals surface area contributed by atoms with Crippen molar-refractivity contribution in [2.24, 2.45) is 10.8 Å². The summed E-state index contributed by atoms with van der Waals surface area (Å²) in [4.78, 5) is 34.8. The predicted molar refractivity (Wildman–Crippen MR) is 101 cm³/mol. The van der Waals surface area contributed by atoms with Crippen LogP contribution in [0.5, 0.6) is 0 Å². The quantitative estimate of drug-likeness (QED) is 0.668. The summed E-state index contributed by atoms with van der Waals surface area (Å²) < 4.78 is 5.22. The molecule has 2 aliphatic rings. The van der Waals surface area contributed by atoms with Crippen molar-refractivity contribution in [2.45, 2.75) is 79.0 Å². The molecule has 0 spiro atoms. The van der Waals surface area contributed by atoms with Gasteiger partial charge < -0.3 is 20.3 Å². The molecule has 2 saturated heterocycles. The van der Waals surface area contributed by atoms with Crippen molar-refractivity contribution in [3.05, 3.63) is 0 Å². The highest BCUT2D eigenvalue weighted by Gasteiger charge is 2.45. The van der Waals surface area contributed by atoms with Gasteiger partial charge in [-0.05, 0) is 44.4 Å². The lowest BCUT2D eigenvalue weighted by atomic mass is 9.91. The van der Waals surface area contributed by atoms with E-state index in [1.54, 1.807) is 20.8 Å². The molecule has 0 aliphatic carbocycles. The number of nitrogens with one attached hydrogen (secondary N) is 1. The second-order valence-electron chi connectivity index (χ2n) is 9.97. The first-order chi connectivity index (χ1) is 12.0. The van der Waals surface area contributed by atoms with Crippen molar-refractivity contribution >= 4 is 18.0 Å². The number of carboxylic acids is 2. The zero-order chi connectivity index (χ0) is 21.2. The van der Waals surface area contributed by atoms with Crippen LogP contribution in [0.4, 0.5) is 4.79 Å². The largest absolute Gasteiger partial charge is 0.480 e. The number of nitrogens with zero attached hydrogens (tertiary/aromatic N) is 1. The smallest absolute Gasteiger partial charge is 0.411 e. The Morgan fingerprint density at radius 3 is 1.89 bits per heavy atom. The molecule has 0 aromatic carbocycles. The zero-order valence-electron chi connectivity index (χ0n) is 17.5. The molecule has 1 amide bonds. The number of hydrogen-bond donors (Lipinski definition) is 3. The van der Waals surface area contributed by atoms with E-state index in [-0.39, 0.29) is 16.9 Å². The SMILES string of the molecule is CC1(C)CN[C@H](C(=O)O)C1.CC1(C)C[C@@H](C(=O)O)N(C(=O)OC(C)(C)C)C1. The monoisotopic (exact) mass is 386 g/mol. The Bertz CT molecular complexity index is 579. The van der Waals surface area contributed by atoms with E-state index < -0.39 is 29.7 Å². The van der Waals surface area contributed by atoms with Crippen molar-refractivity contribution in [2.75, 3.05) is 13.1 Å². The first kappa shape index (κ1) is 23.2. The highest BCUT2D eigenvalue weighted by atomic mass is 16.6. The number of rotatable bonds is 2. The van der Waals surface area contributed by atoms with Gasteiger partial charge in [0.05, 0.1) is 0 Å². The van der Waals surface area contributed by atoms with Gasteiger partial charge in [-0.1, -0.05) is 27.7 Å². The van der Waals surface area contributed by atoms with E-state index in [0.29, 0.717) is 13.0 Å². The molecule has 2 atom stereocenters. The van der Waals surface area contributed by atoms with Gasteiger partial charge in [-0.2, -0.15) is 0 Å². The lowest BCUT2D eigenvalue weighted by molar-refractivity contribution is -0.142. The fraction of sp³-hybridized carbons (Fsp3) is 0.842. The molecule has 0 aromatic rings. The van der Waals surface area contributed by atoms with Crippen LogP contribution in [0, 0.1) is 10.8 Å². The van der Waals surface area contributed by atoms with Crippen LogP contribution < -0.4 is 5.32 Å². The van der Waals surface area contributed by atoms with Gasteiger partial charge in [0.25, 0.3) is 0 Å². The summed E-state index contributed by atoms with van der Waals surface area (Å²) in [7, 11) is 0. The highest BCUT2D eigenvalue weighted by molar-refractivity contribution is 5.81. The van der Waals surface area contributed by atoms with Crippen LogP contribution >= 0.6 is 0 Å². The van der Waals surface area contributed by atoms with Crippen molar-refractivity contribution in [3.8, 4) is 0 Å². The van der Waals surface area contributed by atoms with Gasteiger partial charge in [-0.3, -0.25) is 9.69 Å². The number of aliphatic carboxylic acids is 2. The van der Waals surface area contributed by atoms with Gasteiger partial charge in [-0.15, -0.1) is 0 Å². The van der Waals surface area contributed by atoms with Crippen molar-refractivity contribution in [1.82, 2.24) is 10.2 Å². The third kappa shape index (κ3) is 7.36. The third-order valence-electron chi connectivity index (χ3n) is 4.52. The van der Waals surface area contributed by atoms with Crippen LogP contribution in [-0.4, -0.2) is 63.9 Å². The van der Waals surface area contributed by atoms with Gasteiger partial charge in [0, 0.05) is 13.1 Å². The standard InChI is InChI=1S/C12H21NO4.C7H13NO2/c1-11(2,3)17-10(16)13-7-12(4,5)6-8(13)9(14)15;1-7(2)3-5(6(9)10)8-4-7/h8H,6-7H2,1-5H3,(H,14,15);5,8H,3-4H2,1-2H3,(H,9,10)/t8-;5-/m00/s1. The molecule has 0 radical (unpaired) electrons. The van der Waals surface area contributed by atoms with E-state index in [9.17, 15) is 14.4 Å².